The molecule has 20 heavy (non-hydrogen) atoms. The summed E-state index contributed by atoms with van der Waals surface area (Å²) in [5, 5.41) is 0.117. The van der Waals surface area contributed by atoms with Gasteiger partial charge in [-0.15, -0.1) is 0 Å². The molecule has 0 bridgehead atoms. The molecular formula is C17H14ClFO. The Bertz CT molecular complexity index is 666. The van der Waals surface area contributed by atoms with Gasteiger partial charge in [0.1, 0.15) is 5.82 Å². The predicted octanol–water partition coefficient (Wildman–Crippen LogP) is 4.47. The van der Waals surface area contributed by atoms with Crippen molar-refractivity contribution in [3.63, 3.8) is 0 Å². The fourth-order valence-electron chi connectivity index (χ4n) is 2.83. The average Bonchev–Trinajstić information content (AvgIpc) is 2.47. The average molecular weight is 289 g/mol. The first kappa shape index (κ1) is 13.3. The Morgan fingerprint density at radius 1 is 1.15 bits per heavy atom. The van der Waals surface area contributed by atoms with E-state index in [0.717, 1.165) is 24.0 Å². The maximum atomic E-state index is 13.9. The van der Waals surface area contributed by atoms with Crippen LogP contribution in [0.2, 0.25) is 5.02 Å². The molecule has 0 aliphatic heterocycles. The standard InChI is InChI=1S/C17H14ClFO/c18-15-7-3-5-12(16(15)19)10-13-9-8-11-4-1-2-6-14(11)17(13)20/h1-7,13H,8-10H2. The van der Waals surface area contributed by atoms with Crippen molar-refractivity contribution in [3.05, 3.63) is 70.0 Å². The number of carbonyl (C=O) groups is 1. The number of hydrogen-bond donors (Lipinski definition) is 0. The lowest BCUT2D eigenvalue weighted by atomic mass is 9.80. The molecule has 0 N–H and O–H groups in total. The number of ketones is 1. The maximum absolute atomic E-state index is 13.9. The van der Waals surface area contributed by atoms with Gasteiger partial charge in [-0.1, -0.05) is 48.0 Å². The third kappa shape index (κ3) is 2.36. The molecule has 0 fully saturated rings. The van der Waals surface area contributed by atoms with Gasteiger partial charge in [0, 0.05) is 11.5 Å². The first-order chi connectivity index (χ1) is 9.66. The summed E-state index contributed by atoms with van der Waals surface area (Å²) in [6.07, 6.45) is 2.05. The molecule has 102 valence electrons. The van der Waals surface area contributed by atoms with Crippen molar-refractivity contribution in [3.8, 4) is 0 Å². The van der Waals surface area contributed by atoms with Gasteiger partial charge < -0.3 is 0 Å². The molecule has 1 atom stereocenters. The molecule has 1 nitrogen and oxygen atoms in total. The van der Waals surface area contributed by atoms with Crippen LogP contribution in [0.4, 0.5) is 4.39 Å². The van der Waals surface area contributed by atoms with E-state index in [0.29, 0.717) is 12.0 Å². The van der Waals surface area contributed by atoms with Crippen LogP contribution in [0, 0.1) is 11.7 Å². The van der Waals surface area contributed by atoms with Crippen molar-refractivity contribution in [1.29, 1.82) is 0 Å². The van der Waals surface area contributed by atoms with Crippen molar-refractivity contribution in [1.82, 2.24) is 0 Å². The number of aryl methyl sites for hydroxylation is 1. The number of benzene rings is 2. The van der Waals surface area contributed by atoms with Gasteiger partial charge in [0.25, 0.3) is 0 Å². The highest BCUT2D eigenvalue weighted by atomic mass is 35.5. The molecule has 0 heterocycles. The van der Waals surface area contributed by atoms with Crippen LogP contribution in [0.25, 0.3) is 0 Å². The number of halogens is 2. The highest BCUT2D eigenvalue weighted by molar-refractivity contribution is 6.30. The highest BCUT2D eigenvalue weighted by Gasteiger charge is 2.27. The monoisotopic (exact) mass is 288 g/mol. The Hall–Kier alpha value is -1.67. The van der Waals surface area contributed by atoms with Crippen LogP contribution in [0.3, 0.4) is 0 Å². The minimum Gasteiger partial charge on any atom is -0.294 e. The summed E-state index contributed by atoms with van der Waals surface area (Å²) in [6, 6.07) is 12.6. The largest absolute Gasteiger partial charge is 0.294 e. The summed E-state index contributed by atoms with van der Waals surface area (Å²) < 4.78 is 13.9. The van der Waals surface area contributed by atoms with Crippen LogP contribution >= 0.6 is 11.6 Å². The van der Waals surface area contributed by atoms with Crippen LogP contribution in [-0.2, 0) is 12.8 Å². The smallest absolute Gasteiger partial charge is 0.166 e. The summed E-state index contributed by atoms with van der Waals surface area (Å²) in [5.74, 6) is -0.440. The molecule has 2 aromatic carbocycles. The molecule has 0 amide bonds. The van der Waals surface area contributed by atoms with E-state index in [4.69, 9.17) is 11.6 Å². The van der Waals surface area contributed by atoms with E-state index >= 15 is 0 Å². The van der Waals surface area contributed by atoms with Crippen molar-refractivity contribution < 1.29 is 9.18 Å². The Kier molecular flexibility index (Phi) is 3.58. The van der Waals surface area contributed by atoms with Gasteiger partial charge in [-0.2, -0.15) is 0 Å². The fourth-order valence-corrected chi connectivity index (χ4v) is 3.02. The number of hydrogen-bond acceptors (Lipinski definition) is 1. The Labute approximate surface area is 122 Å². The fraction of sp³-hybridized carbons (Fsp3) is 0.235. The Balaban J connectivity index is 1.87. The zero-order valence-corrected chi connectivity index (χ0v) is 11.7. The number of rotatable bonds is 2. The molecule has 0 aromatic heterocycles. The molecule has 0 spiro atoms. The molecule has 0 saturated carbocycles. The van der Waals surface area contributed by atoms with Crippen LogP contribution in [0.15, 0.2) is 42.5 Å². The Morgan fingerprint density at radius 2 is 1.95 bits per heavy atom. The second-order valence-corrected chi connectivity index (χ2v) is 5.58. The van der Waals surface area contributed by atoms with Gasteiger partial charge in [0.05, 0.1) is 5.02 Å². The predicted molar refractivity (Wildman–Crippen MR) is 77.7 cm³/mol. The van der Waals surface area contributed by atoms with E-state index in [1.54, 1.807) is 12.1 Å². The van der Waals surface area contributed by atoms with Crippen molar-refractivity contribution in [2.24, 2.45) is 5.92 Å². The molecule has 1 aliphatic carbocycles. The van der Waals surface area contributed by atoms with Crippen molar-refractivity contribution >= 4 is 17.4 Å². The maximum Gasteiger partial charge on any atom is 0.166 e. The van der Waals surface area contributed by atoms with E-state index < -0.39 is 5.82 Å². The van der Waals surface area contributed by atoms with Gasteiger partial charge >= 0.3 is 0 Å². The van der Waals surface area contributed by atoms with E-state index in [1.165, 1.54) is 6.07 Å². The number of Topliss-reactive ketones (excluding diaryl/α,β-unsaturated/α-hetero) is 1. The summed E-state index contributed by atoms with van der Waals surface area (Å²) in [4.78, 5) is 12.5. The summed E-state index contributed by atoms with van der Waals surface area (Å²) in [5.41, 5.74) is 2.40. The summed E-state index contributed by atoms with van der Waals surface area (Å²) >= 11 is 5.79. The minimum absolute atomic E-state index is 0.117. The quantitative estimate of drug-likeness (QED) is 0.797. The lowest BCUT2D eigenvalue weighted by Crippen LogP contribution is -2.24. The van der Waals surface area contributed by atoms with Gasteiger partial charge in [0.2, 0.25) is 0 Å². The minimum atomic E-state index is -0.402. The summed E-state index contributed by atoms with van der Waals surface area (Å²) in [6.45, 7) is 0. The van der Waals surface area contributed by atoms with Gasteiger partial charge in [0.15, 0.2) is 5.78 Å². The normalized spacial score (nSPS) is 17.9. The molecular weight excluding hydrogens is 275 g/mol. The van der Waals surface area contributed by atoms with Gasteiger partial charge in [-0.3, -0.25) is 4.79 Å². The topological polar surface area (TPSA) is 17.1 Å². The van der Waals surface area contributed by atoms with Crippen molar-refractivity contribution in [2.45, 2.75) is 19.3 Å². The SMILES string of the molecule is O=C1c2ccccc2CCC1Cc1cccc(Cl)c1F. The van der Waals surface area contributed by atoms with Crippen LogP contribution in [-0.4, -0.2) is 5.78 Å². The van der Waals surface area contributed by atoms with Crippen LogP contribution in [0.1, 0.15) is 27.9 Å². The highest BCUT2D eigenvalue weighted by Crippen LogP contribution is 2.29. The molecule has 0 saturated heterocycles. The molecule has 3 rings (SSSR count). The second kappa shape index (κ2) is 5.37. The van der Waals surface area contributed by atoms with Gasteiger partial charge in [-0.05, 0) is 36.5 Å². The lowest BCUT2D eigenvalue weighted by molar-refractivity contribution is 0.0901. The number of carbonyl (C=O) groups excluding carboxylic acids is 1. The third-order valence-electron chi connectivity index (χ3n) is 3.91. The van der Waals surface area contributed by atoms with Crippen molar-refractivity contribution in [2.75, 3.05) is 0 Å². The molecule has 1 unspecified atom stereocenters. The van der Waals surface area contributed by atoms with E-state index in [2.05, 4.69) is 0 Å². The number of fused-ring (bicyclic) bond motifs is 1. The zero-order chi connectivity index (χ0) is 14.1. The van der Waals surface area contributed by atoms with Crippen LogP contribution < -0.4 is 0 Å². The first-order valence-electron chi connectivity index (χ1n) is 6.72. The molecule has 2 aromatic rings. The zero-order valence-electron chi connectivity index (χ0n) is 10.9. The second-order valence-electron chi connectivity index (χ2n) is 5.17. The van der Waals surface area contributed by atoms with E-state index in [9.17, 15) is 9.18 Å². The van der Waals surface area contributed by atoms with Crippen LogP contribution in [0.5, 0.6) is 0 Å². The van der Waals surface area contributed by atoms with E-state index in [-0.39, 0.29) is 16.7 Å². The molecule has 0 radical (unpaired) electrons. The lowest BCUT2D eigenvalue weighted by Gasteiger charge is -2.23. The molecule has 3 heteroatoms. The Morgan fingerprint density at radius 3 is 2.80 bits per heavy atom. The van der Waals surface area contributed by atoms with E-state index in [1.807, 2.05) is 24.3 Å². The first-order valence-corrected chi connectivity index (χ1v) is 7.09. The summed E-state index contributed by atoms with van der Waals surface area (Å²) in [7, 11) is 0. The third-order valence-corrected chi connectivity index (χ3v) is 4.21. The van der Waals surface area contributed by atoms with Gasteiger partial charge in [-0.25, -0.2) is 4.39 Å². The molecule has 1 aliphatic rings.